The van der Waals surface area contributed by atoms with Gasteiger partial charge >= 0.3 is 6.03 Å². The van der Waals surface area contributed by atoms with Crippen LogP contribution in [0.1, 0.15) is 25.0 Å². The molecule has 27 heavy (non-hydrogen) atoms. The summed E-state index contributed by atoms with van der Waals surface area (Å²) in [6.45, 7) is 5.61. The molecule has 0 spiro atoms. The molecule has 0 saturated heterocycles. The quantitative estimate of drug-likeness (QED) is 0.842. The lowest BCUT2D eigenvalue weighted by Crippen LogP contribution is -2.34. The maximum absolute atomic E-state index is 11.8. The Labute approximate surface area is 160 Å². The van der Waals surface area contributed by atoms with Gasteiger partial charge in [-0.15, -0.1) is 0 Å². The van der Waals surface area contributed by atoms with Crippen molar-refractivity contribution < 1.29 is 14.3 Å². The van der Waals surface area contributed by atoms with Crippen LogP contribution in [-0.2, 0) is 13.0 Å². The Bertz CT molecular complexity index is 803. The van der Waals surface area contributed by atoms with Crippen LogP contribution in [-0.4, -0.2) is 32.8 Å². The van der Waals surface area contributed by atoms with Gasteiger partial charge in [-0.1, -0.05) is 0 Å². The zero-order valence-corrected chi connectivity index (χ0v) is 16.3. The molecule has 0 saturated carbocycles. The maximum atomic E-state index is 11.8. The number of hydrogen-bond acceptors (Lipinski definition) is 4. The van der Waals surface area contributed by atoms with E-state index in [1.165, 1.54) is 11.1 Å². The van der Waals surface area contributed by atoms with Gasteiger partial charge in [-0.05, 0) is 67.8 Å². The van der Waals surface area contributed by atoms with Gasteiger partial charge in [0.2, 0.25) is 0 Å². The summed E-state index contributed by atoms with van der Waals surface area (Å²) in [6.07, 6.45) is 0.951. The smallest absolute Gasteiger partial charge is 0.319 e. The second-order valence-electron chi connectivity index (χ2n) is 6.95. The van der Waals surface area contributed by atoms with E-state index in [1.807, 2.05) is 38.1 Å². The number of amides is 2. The van der Waals surface area contributed by atoms with Crippen molar-refractivity contribution in [3.05, 3.63) is 47.5 Å². The van der Waals surface area contributed by atoms with Crippen molar-refractivity contribution in [2.75, 3.05) is 31.0 Å². The Morgan fingerprint density at radius 3 is 2.26 bits per heavy atom. The Kier molecular flexibility index (Phi) is 5.74. The zero-order chi connectivity index (χ0) is 19.4. The van der Waals surface area contributed by atoms with E-state index >= 15 is 0 Å². The lowest BCUT2D eigenvalue weighted by atomic mass is 9.98. The average molecular weight is 369 g/mol. The number of anilines is 2. The number of urea groups is 1. The van der Waals surface area contributed by atoms with Gasteiger partial charge in [-0.3, -0.25) is 0 Å². The van der Waals surface area contributed by atoms with E-state index in [1.54, 1.807) is 14.2 Å². The summed E-state index contributed by atoms with van der Waals surface area (Å²) < 4.78 is 10.8. The van der Waals surface area contributed by atoms with E-state index < -0.39 is 0 Å². The fourth-order valence-electron chi connectivity index (χ4n) is 3.29. The minimum Gasteiger partial charge on any atom is -0.493 e. The average Bonchev–Trinajstić information content (AvgIpc) is 2.66. The standard InChI is InChI=1S/C21H27N3O3/c1-14(2)22-21(25)23-17-5-7-18(8-6-17)24-10-9-15-11-19(26-3)20(27-4)12-16(15)13-24/h5-8,11-12,14H,9-10,13H2,1-4H3,(H2,22,23,25). The number of benzene rings is 2. The fraction of sp³-hybridized carbons (Fsp3) is 0.381. The molecule has 2 amide bonds. The number of ether oxygens (including phenoxy) is 2. The van der Waals surface area contributed by atoms with Gasteiger partial charge in [0.1, 0.15) is 0 Å². The Morgan fingerprint density at radius 1 is 1.04 bits per heavy atom. The third-order valence-corrected chi connectivity index (χ3v) is 4.63. The third kappa shape index (κ3) is 4.45. The zero-order valence-electron chi connectivity index (χ0n) is 16.3. The van der Waals surface area contributed by atoms with Crippen molar-refractivity contribution in [3.8, 4) is 11.5 Å². The van der Waals surface area contributed by atoms with E-state index in [9.17, 15) is 4.79 Å². The van der Waals surface area contributed by atoms with Crippen LogP contribution in [0.3, 0.4) is 0 Å². The normalized spacial score (nSPS) is 13.1. The topological polar surface area (TPSA) is 62.8 Å². The van der Waals surface area contributed by atoms with Crippen LogP contribution in [0.4, 0.5) is 16.2 Å². The number of nitrogens with one attached hydrogen (secondary N) is 2. The van der Waals surface area contributed by atoms with Crippen molar-refractivity contribution in [1.29, 1.82) is 0 Å². The highest BCUT2D eigenvalue weighted by atomic mass is 16.5. The van der Waals surface area contributed by atoms with Crippen LogP contribution in [0.5, 0.6) is 11.5 Å². The first-order valence-electron chi connectivity index (χ1n) is 9.16. The molecule has 144 valence electrons. The molecule has 0 fully saturated rings. The lowest BCUT2D eigenvalue weighted by Gasteiger charge is -2.31. The van der Waals surface area contributed by atoms with Gasteiger partial charge in [-0.2, -0.15) is 0 Å². The molecule has 6 heteroatoms. The monoisotopic (exact) mass is 369 g/mol. The molecule has 1 aliphatic heterocycles. The second kappa shape index (κ2) is 8.20. The van der Waals surface area contributed by atoms with Gasteiger partial charge in [-0.25, -0.2) is 4.79 Å². The van der Waals surface area contributed by atoms with Crippen LogP contribution >= 0.6 is 0 Å². The molecule has 2 aromatic rings. The fourth-order valence-corrected chi connectivity index (χ4v) is 3.29. The van der Waals surface area contributed by atoms with Crippen molar-refractivity contribution in [3.63, 3.8) is 0 Å². The number of methoxy groups -OCH3 is 2. The molecule has 1 aliphatic rings. The second-order valence-corrected chi connectivity index (χ2v) is 6.95. The number of carbonyl (C=O) groups is 1. The summed E-state index contributed by atoms with van der Waals surface area (Å²) in [6, 6.07) is 12.0. The molecule has 0 aromatic heterocycles. The van der Waals surface area contributed by atoms with Crippen molar-refractivity contribution in [2.24, 2.45) is 0 Å². The number of carbonyl (C=O) groups excluding carboxylic acids is 1. The molecule has 0 aliphatic carbocycles. The van der Waals surface area contributed by atoms with Gasteiger partial charge in [0.05, 0.1) is 14.2 Å². The van der Waals surface area contributed by atoms with Crippen molar-refractivity contribution in [2.45, 2.75) is 32.9 Å². The Morgan fingerprint density at radius 2 is 1.67 bits per heavy atom. The molecule has 2 aromatic carbocycles. The van der Waals surface area contributed by atoms with Gasteiger partial charge in [0.15, 0.2) is 11.5 Å². The molecule has 1 heterocycles. The largest absolute Gasteiger partial charge is 0.493 e. The van der Waals surface area contributed by atoms with Crippen LogP contribution in [0.15, 0.2) is 36.4 Å². The Hall–Kier alpha value is -2.89. The van der Waals surface area contributed by atoms with E-state index in [0.29, 0.717) is 0 Å². The maximum Gasteiger partial charge on any atom is 0.319 e. The highest BCUT2D eigenvalue weighted by molar-refractivity contribution is 5.89. The van der Waals surface area contributed by atoms with Crippen LogP contribution < -0.4 is 25.0 Å². The lowest BCUT2D eigenvalue weighted by molar-refractivity contribution is 0.250. The highest BCUT2D eigenvalue weighted by Crippen LogP contribution is 2.34. The molecule has 2 N–H and O–H groups in total. The summed E-state index contributed by atoms with van der Waals surface area (Å²) in [5.41, 5.74) is 4.45. The SMILES string of the molecule is COc1cc2c(cc1OC)CN(c1ccc(NC(=O)NC(C)C)cc1)CC2. The third-order valence-electron chi connectivity index (χ3n) is 4.63. The van der Waals surface area contributed by atoms with Gasteiger partial charge in [0.25, 0.3) is 0 Å². The van der Waals surface area contributed by atoms with E-state index in [4.69, 9.17) is 9.47 Å². The molecule has 0 unspecified atom stereocenters. The molecule has 0 radical (unpaired) electrons. The van der Waals surface area contributed by atoms with E-state index in [0.717, 1.165) is 42.4 Å². The molecule has 0 atom stereocenters. The number of nitrogens with zero attached hydrogens (tertiary/aromatic N) is 1. The van der Waals surface area contributed by atoms with Gasteiger partial charge in [0, 0.05) is 30.5 Å². The first-order valence-corrected chi connectivity index (χ1v) is 9.16. The molecule has 6 nitrogen and oxygen atoms in total. The first-order chi connectivity index (χ1) is 13.0. The summed E-state index contributed by atoms with van der Waals surface area (Å²) in [7, 11) is 3.32. The first kappa shape index (κ1) is 18.9. The number of rotatable bonds is 5. The van der Waals surface area contributed by atoms with Crippen molar-refractivity contribution >= 4 is 17.4 Å². The van der Waals surface area contributed by atoms with Crippen LogP contribution in [0, 0.1) is 0 Å². The summed E-state index contributed by atoms with van der Waals surface area (Å²) in [4.78, 5) is 14.1. The number of fused-ring (bicyclic) bond motifs is 1. The minimum atomic E-state index is -0.189. The van der Waals surface area contributed by atoms with Gasteiger partial charge < -0.3 is 25.0 Å². The predicted molar refractivity (Wildman–Crippen MR) is 108 cm³/mol. The van der Waals surface area contributed by atoms with Crippen LogP contribution in [0.25, 0.3) is 0 Å². The van der Waals surface area contributed by atoms with Crippen LogP contribution in [0.2, 0.25) is 0 Å². The highest BCUT2D eigenvalue weighted by Gasteiger charge is 2.19. The molecular formula is C21H27N3O3. The molecular weight excluding hydrogens is 342 g/mol. The number of hydrogen-bond donors (Lipinski definition) is 2. The molecule has 3 rings (SSSR count). The van der Waals surface area contributed by atoms with E-state index in [2.05, 4.69) is 27.7 Å². The van der Waals surface area contributed by atoms with E-state index in [-0.39, 0.29) is 12.1 Å². The summed E-state index contributed by atoms with van der Waals surface area (Å²) in [5.74, 6) is 1.54. The predicted octanol–water partition coefficient (Wildman–Crippen LogP) is 3.80. The molecule has 0 bridgehead atoms. The van der Waals surface area contributed by atoms with Crippen molar-refractivity contribution in [1.82, 2.24) is 5.32 Å². The summed E-state index contributed by atoms with van der Waals surface area (Å²) >= 11 is 0. The summed E-state index contributed by atoms with van der Waals surface area (Å²) in [5, 5.41) is 5.67. The Balaban J connectivity index is 1.71. The minimum absolute atomic E-state index is 0.105.